The van der Waals surface area contributed by atoms with Gasteiger partial charge in [-0.25, -0.2) is 15.0 Å². The SMILES string of the molecule is COc1ncccc1-c1csc2cnc(Cc3ccc(N4CCOCC4)cc3)nc12. The minimum absolute atomic E-state index is 0.607. The number of morpholine rings is 1. The fraction of sp³-hybridized carbons (Fsp3) is 0.261. The van der Waals surface area contributed by atoms with E-state index in [0.29, 0.717) is 12.3 Å². The average Bonchev–Trinajstić information content (AvgIpc) is 3.23. The first-order valence-electron chi connectivity index (χ1n) is 9.96. The average molecular weight is 419 g/mol. The molecule has 1 aliphatic rings. The van der Waals surface area contributed by atoms with Gasteiger partial charge in [-0.2, -0.15) is 0 Å². The molecule has 0 unspecified atom stereocenters. The molecule has 3 aromatic heterocycles. The molecule has 0 N–H and O–H groups in total. The number of methoxy groups -OCH3 is 1. The number of rotatable bonds is 5. The standard InChI is InChI=1S/C23H22N4O2S/c1-28-23-18(3-2-8-24-23)19-15-30-20-14-25-21(26-22(19)20)13-16-4-6-17(7-5-16)27-9-11-29-12-10-27/h2-8,14-15H,9-13H2,1H3. The van der Waals surface area contributed by atoms with E-state index in [2.05, 4.69) is 44.5 Å². The first-order chi connectivity index (χ1) is 14.8. The number of thiophene rings is 1. The maximum absolute atomic E-state index is 5.44. The molecule has 4 heterocycles. The van der Waals surface area contributed by atoms with Crippen LogP contribution in [-0.2, 0) is 11.2 Å². The van der Waals surface area contributed by atoms with E-state index >= 15 is 0 Å². The Hall–Kier alpha value is -3.03. The fourth-order valence-corrected chi connectivity index (χ4v) is 4.59. The number of hydrogen-bond donors (Lipinski definition) is 0. The van der Waals surface area contributed by atoms with Crippen molar-refractivity contribution >= 4 is 27.2 Å². The number of nitrogens with zero attached hydrogens (tertiary/aromatic N) is 4. The third kappa shape index (κ3) is 3.74. The zero-order valence-corrected chi connectivity index (χ0v) is 17.6. The highest BCUT2D eigenvalue weighted by atomic mass is 32.1. The molecule has 5 rings (SSSR count). The summed E-state index contributed by atoms with van der Waals surface area (Å²) < 4.78 is 11.9. The Balaban J connectivity index is 1.41. The van der Waals surface area contributed by atoms with Crippen molar-refractivity contribution in [1.29, 1.82) is 0 Å². The predicted molar refractivity (Wildman–Crippen MR) is 119 cm³/mol. The topological polar surface area (TPSA) is 60.4 Å². The summed E-state index contributed by atoms with van der Waals surface area (Å²) in [5.41, 5.74) is 5.36. The lowest BCUT2D eigenvalue weighted by molar-refractivity contribution is 0.122. The summed E-state index contributed by atoms with van der Waals surface area (Å²) in [7, 11) is 1.64. The lowest BCUT2D eigenvalue weighted by atomic mass is 10.1. The summed E-state index contributed by atoms with van der Waals surface area (Å²) in [5, 5.41) is 2.10. The van der Waals surface area contributed by atoms with Crippen LogP contribution in [0.2, 0.25) is 0 Å². The van der Waals surface area contributed by atoms with E-state index in [1.807, 2.05) is 18.3 Å². The molecule has 0 amide bonds. The fourth-order valence-electron chi connectivity index (χ4n) is 3.73. The quantitative estimate of drug-likeness (QED) is 0.484. The van der Waals surface area contributed by atoms with E-state index < -0.39 is 0 Å². The van der Waals surface area contributed by atoms with Crippen molar-refractivity contribution in [2.45, 2.75) is 6.42 Å². The number of aromatic nitrogens is 3. The number of fused-ring (bicyclic) bond motifs is 1. The van der Waals surface area contributed by atoms with E-state index in [4.69, 9.17) is 14.5 Å². The van der Waals surface area contributed by atoms with Gasteiger partial charge in [-0.1, -0.05) is 12.1 Å². The largest absolute Gasteiger partial charge is 0.481 e. The van der Waals surface area contributed by atoms with Gasteiger partial charge in [0.25, 0.3) is 0 Å². The molecule has 4 aromatic rings. The molecule has 152 valence electrons. The predicted octanol–water partition coefficient (Wildman–Crippen LogP) is 4.19. The van der Waals surface area contributed by atoms with Gasteiger partial charge in [0.1, 0.15) is 5.82 Å². The first kappa shape index (κ1) is 19.0. The Morgan fingerprint density at radius 2 is 1.90 bits per heavy atom. The molecule has 30 heavy (non-hydrogen) atoms. The zero-order valence-electron chi connectivity index (χ0n) is 16.7. The highest BCUT2D eigenvalue weighted by Gasteiger charge is 2.15. The highest BCUT2D eigenvalue weighted by molar-refractivity contribution is 7.17. The van der Waals surface area contributed by atoms with E-state index in [1.54, 1.807) is 24.6 Å². The van der Waals surface area contributed by atoms with Crippen LogP contribution in [0.5, 0.6) is 5.88 Å². The molecule has 1 aromatic carbocycles. The Labute approximate surface area is 179 Å². The zero-order chi connectivity index (χ0) is 20.3. The minimum Gasteiger partial charge on any atom is -0.481 e. The summed E-state index contributed by atoms with van der Waals surface area (Å²) in [6.45, 7) is 3.47. The van der Waals surface area contributed by atoms with Crippen LogP contribution >= 0.6 is 11.3 Å². The first-order valence-corrected chi connectivity index (χ1v) is 10.8. The molecule has 0 atom stereocenters. The summed E-state index contributed by atoms with van der Waals surface area (Å²) in [4.78, 5) is 16.2. The Kier molecular flexibility index (Phi) is 5.29. The minimum atomic E-state index is 0.607. The van der Waals surface area contributed by atoms with Crippen molar-refractivity contribution in [1.82, 2.24) is 15.0 Å². The second-order valence-corrected chi connectivity index (χ2v) is 8.06. The lowest BCUT2D eigenvalue weighted by Gasteiger charge is -2.28. The summed E-state index contributed by atoms with van der Waals surface area (Å²) in [6, 6.07) is 12.6. The van der Waals surface area contributed by atoms with Gasteiger partial charge >= 0.3 is 0 Å². The van der Waals surface area contributed by atoms with Crippen molar-refractivity contribution in [3.05, 3.63) is 65.6 Å². The van der Waals surface area contributed by atoms with E-state index in [0.717, 1.165) is 53.5 Å². The van der Waals surface area contributed by atoms with Gasteiger partial charge in [-0.15, -0.1) is 11.3 Å². The third-order valence-corrected chi connectivity index (χ3v) is 6.20. The van der Waals surface area contributed by atoms with Crippen molar-refractivity contribution in [3.8, 4) is 17.0 Å². The second-order valence-electron chi connectivity index (χ2n) is 7.15. The van der Waals surface area contributed by atoms with Crippen LogP contribution in [0.4, 0.5) is 5.69 Å². The molecule has 0 saturated carbocycles. The van der Waals surface area contributed by atoms with Crippen LogP contribution in [0.3, 0.4) is 0 Å². The number of hydrogen-bond acceptors (Lipinski definition) is 7. The number of pyridine rings is 1. The maximum atomic E-state index is 5.44. The molecule has 0 bridgehead atoms. The number of benzene rings is 1. The molecule has 1 saturated heterocycles. The molecule has 1 aliphatic heterocycles. The van der Waals surface area contributed by atoms with E-state index in [9.17, 15) is 0 Å². The molecular formula is C23H22N4O2S. The molecule has 0 radical (unpaired) electrons. The molecule has 6 nitrogen and oxygen atoms in total. The van der Waals surface area contributed by atoms with Gasteiger partial charge in [-0.3, -0.25) is 0 Å². The van der Waals surface area contributed by atoms with Crippen LogP contribution in [0, 0.1) is 0 Å². The smallest absolute Gasteiger partial charge is 0.221 e. The molecular weight excluding hydrogens is 396 g/mol. The third-order valence-electron chi connectivity index (χ3n) is 5.29. The van der Waals surface area contributed by atoms with Crippen molar-refractivity contribution in [2.24, 2.45) is 0 Å². The Bertz CT molecular complexity index is 1150. The maximum Gasteiger partial charge on any atom is 0.221 e. The monoisotopic (exact) mass is 418 g/mol. The van der Waals surface area contributed by atoms with Crippen molar-refractivity contribution in [2.75, 3.05) is 38.3 Å². The summed E-state index contributed by atoms with van der Waals surface area (Å²) >= 11 is 1.64. The molecule has 0 aliphatic carbocycles. The summed E-state index contributed by atoms with van der Waals surface area (Å²) in [6.07, 6.45) is 4.34. The number of ether oxygens (including phenoxy) is 2. The van der Waals surface area contributed by atoms with E-state index in [1.165, 1.54) is 11.3 Å². The van der Waals surface area contributed by atoms with Gasteiger partial charge in [0, 0.05) is 54.1 Å². The van der Waals surface area contributed by atoms with Crippen molar-refractivity contribution < 1.29 is 9.47 Å². The van der Waals surface area contributed by atoms with Gasteiger partial charge < -0.3 is 14.4 Å². The van der Waals surface area contributed by atoms with Gasteiger partial charge in [0.2, 0.25) is 5.88 Å². The van der Waals surface area contributed by atoms with Gasteiger partial charge in [0.05, 0.1) is 30.5 Å². The van der Waals surface area contributed by atoms with Gasteiger partial charge in [0.15, 0.2) is 0 Å². The van der Waals surface area contributed by atoms with E-state index in [-0.39, 0.29) is 0 Å². The Morgan fingerprint density at radius 3 is 2.70 bits per heavy atom. The van der Waals surface area contributed by atoms with Crippen LogP contribution in [0.25, 0.3) is 21.3 Å². The molecule has 1 fully saturated rings. The normalized spacial score (nSPS) is 14.2. The number of anilines is 1. The van der Waals surface area contributed by atoms with Crippen molar-refractivity contribution in [3.63, 3.8) is 0 Å². The van der Waals surface area contributed by atoms with Crippen LogP contribution in [-0.4, -0.2) is 48.4 Å². The Morgan fingerprint density at radius 1 is 1.07 bits per heavy atom. The lowest BCUT2D eigenvalue weighted by Crippen LogP contribution is -2.36. The molecule has 0 spiro atoms. The highest BCUT2D eigenvalue weighted by Crippen LogP contribution is 2.36. The molecule has 7 heteroatoms. The second kappa shape index (κ2) is 8.38. The van der Waals surface area contributed by atoms with Gasteiger partial charge in [-0.05, 0) is 29.8 Å². The summed E-state index contributed by atoms with van der Waals surface area (Å²) in [5.74, 6) is 1.42. The van der Waals surface area contributed by atoms with Crippen LogP contribution in [0.1, 0.15) is 11.4 Å². The van der Waals surface area contributed by atoms with Crippen LogP contribution in [0.15, 0.2) is 54.2 Å². The van der Waals surface area contributed by atoms with Crippen LogP contribution < -0.4 is 9.64 Å².